The quantitative estimate of drug-likeness (QED) is 0.775. The molecule has 0 aliphatic carbocycles. The van der Waals surface area contributed by atoms with Crippen molar-refractivity contribution >= 4 is 29.3 Å². The van der Waals surface area contributed by atoms with Crippen molar-refractivity contribution < 1.29 is 19.4 Å². The fourth-order valence-corrected chi connectivity index (χ4v) is 5.07. The molecule has 0 amide bonds. The summed E-state index contributed by atoms with van der Waals surface area (Å²) in [5, 5.41) is 10.6. The minimum absolute atomic E-state index is 0.0101. The Labute approximate surface area is 123 Å². The summed E-state index contributed by atoms with van der Waals surface area (Å²) in [4.78, 5) is 12.0. The van der Waals surface area contributed by atoms with Gasteiger partial charge in [-0.3, -0.25) is 4.79 Å². The van der Waals surface area contributed by atoms with Crippen LogP contribution in [0.2, 0.25) is 0 Å². The molecule has 110 valence electrons. The van der Waals surface area contributed by atoms with Crippen molar-refractivity contribution in [2.45, 2.75) is 25.0 Å². The first kappa shape index (κ1) is 15.6. The highest BCUT2D eigenvalue weighted by Gasteiger charge is 2.39. The van der Waals surface area contributed by atoms with Gasteiger partial charge in [-0.1, -0.05) is 0 Å². The maximum absolute atomic E-state index is 12.0. The Kier molecular flexibility index (Phi) is 6.49. The summed E-state index contributed by atoms with van der Waals surface area (Å²) in [6.45, 7) is 0.256. The molecule has 0 aromatic carbocycles. The van der Waals surface area contributed by atoms with Gasteiger partial charge in [0.25, 0.3) is 0 Å². The Balaban J connectivity index is 1.97. The summed E-state index contributed by atoms with van der Waals surface area (Å²) in [6, 6.07) is 0. The van der Waals surface area contributed by atoms with Crippen LogP contribution in [0, 0.1) is 11.8 Å². The number of hydrogen-bond donors (Lipinski definition) is 1. The second kappa shape index (κ2) is 7.88. The fraction of sp³-hybridized carbons (Fsp3) is 0.923. The van der Waals surface area contributed by atoms with Gasteiger partial charge in [-0.15, -0.1) is 0 Å². The molecule has 4 nitrogen and oxygen atoms in total. The van der Waals surface area contributed by atoms with Gasteiger partial charge >= 0.3 is 0 Å². The number of Topliss-reactive ketones (excluding diaryl/α,β-unsaturated/α-hetero) is 1. The van der Waals surface area contributed by atoms with E-state index in [0.717, 1.165) is 29.4 Å². The van der Waals surface area contributed by atoms with Crippen molar-refractivity contribution in [1.82, 2.24) is 0 Å². The number of carbonyl (C=O) groups is 1. The molecular formula is C13H22O4S2. The molecule has 0 aromatic rings. The van der Waals surface area contributed by atoms with Gasteiger partial charge in [0.1, 0.15) is 12.6 Å². The van der Waals surface area contributed by atoms with Gasteiger partial charge in [-0.25, -0.2) is 0 Å². The normalized spacial score (nSPS) is 34.2. The average molecular weight is 306 g/mol. The van der Waals surface area contributed by atoms with Gasteiger partial charge in [0.05, 0.1) is 18.1 Å². The number of thioether (sulfide) groups is 2. The number of carbonyl (C=O) groups excluding carboxylic acids is 1. The molecule has 2 heterocycles. The molecule has 4 atom stereocenters. The maximum atomic E-state index is 12.0. The monoisotopic (exact) mass is 306 g/mol. The van der Waals surface area contributed by atoms with E-state index in [-0.39, 0.29) is 30.5 Å². The van der Waals surface area contributed by atoms with Crippen molar-refractivity contribution in [2.24, 2.45) is 11.8 Å². The zero-order valence-electron chi connectivity index (χ0n) is 11.2. The molecule has 2 aliphatic heterocycles. The van der Waals surface area contributed by atoms with Crippen LogP contribution in [0.3, 0.4) is 0 Å². The van der Waals surface area contributed by atoms with Crippen LogP contribution in [-0.4, -0.2) is 60.0 Å². The fourth-order valence-electron chi connectivity index (χ4n) is 2.67. The lowest BCUT2D eigenvalue weighted by Crippen LogP contribution is -2.46. The van der Waals surface area contributed by atoms with E-state index in [0.29, 0.717) is 6.42 Å². The summed E-state index contributed by atoms with van der Waals surface area (Å²) in [6.07, 6.45) is 0.950. The van der Waals surface area contributed by atoms with Crippen LogP contribution in [-0.2, 0) is 14.3 Å². The van der Waals surface area contributed by atoms with Crippen LogP contribution in [0.15, 0.2) is 0 Å². The Morgan fingerprint density at radius 3 is 2.89 bits per heavy atom. The number of ketones is 1. The molecule has 1 N–H and O–H groups in total. The van der Waals surface area contributed by atoms with Crippen LogP contribution in [0.4, 0.5) is 0 Å². The van der Waals surface area contributed by atoms with E-state index in [1.165, 1.54) is 0 Å². The Hall–Kier alpha value is 0.250. The average Bonchev–Trinajstić information content (AvgIpc) is 2.45. The number of rotatable bonds is 5. The minimum Gasteiger partial charge on any atom is -0.392 e. The number of ether oxygens (including phenoxy) is 2. The van der Waals surface area contributed by atoms with Gasteiger partial charge in [-0.2, -0.15) is 23.5 Å². The van der Waals surface area contributed by atoms with E-state index in [1.807, 2.05) is 11.8 Å². The van der Waals surface area contributed by atoms with Gasteiger partial charge < -0.3 is 14.6 Å². The van der Waals surface area contributed by atoms with Crippen molar-refractivity contribution in [2.75, 3.05) is 36.9 Å². The number of methoxy groups -OCH3 is 1. The second-order valence-corrected chi connectivity index (χ2v) is 7.33. The van der Waals surface area contributed by atoms with Crippen molar-refractivity contribution in [1.29, 1.82) is 0 Å². The SMILES string of the molecule is COCO[C@H]1CCSC[C@H]1[C@@H](O)[C@@H]1CSCCC1=O. The molecule has 0 radical (unpaired) electrons. The lowest BCUT2D eigenvalue weighted by molar-refractivity contribution is -0.133. The van der Waals surface area contributed by atoms with E-state index in [2.05, 4.69) is 0 Å². The maximum Gasteiger partial charge on any atom is 0.146 e. The van der Waals surface area contributed by atoms with Gasteiger partial charge in [0.2, 0.25) is 0 Å². The molecule has 0 spiro atoms. The highest BCUT2D eigenvalue weighted by molar-refractivity contribution is 7.99. The first-order valence-corrected chi connectivity index (χ1v) is 9.01. The van der Waals surface area contributed by atoms with Crippen LogP contribution in [0.25, 0.3) is 0 Å². The third-order valence-electron chi connectivity index (χ3n) is 3.79. The zero-order valence-corrected chi connectivity index (χ0v) is 12.9. The van der Waals surface area contributed by atoms with Crippen LogP contribution in [0.1, 0.15) is 12.8 Å². The van der Waals surface area contributed by atoms with E-state index in [4.69, 9.17) is 9.47 Å². The van der Waals surface area contributed by atoms with Crippen molar-refractivity contribution in [3.63, 3.8) is 0 Å². The summed E-state index contributed by atoms with van der Waals surface area (Å²) < 4.78 is 10.6. The number of hydrogen-bond acceptors (Lipinski definition) is 6. The van der Waals surface area contributed by atoms with Gasteiger partial charge in [0.15, 0.2) is 0 Å². The van der Waals surface area contributed by atoms with Gasteiger partial charge in [0, 0.05) is 36.7 Å². The molecular weight excluding hydrogens is 284 g/mol. The van der Waals surface area contributed by atoms with E-state index < -0.39 is 6.10 Å². The molecule has 6 heteroatoms. The molecule has 0 bridgehead atoms. The third kappa shape index (κ3) is 4.11. The van der Waals surface area contributed by atoms with Crippen LogP contribution >= 0.6 is 23.5 Å². The molecule has 0 saturated carbocycles. The Bertz CT molecular complexity index is 300. The van der Waals surface area contributed by atoms with E-state index in [9.17, 15) is 9.90 Å². The molecule has 0 unspecified atom stereocenters. The first-order valence-electron chi connectivity index (χ1n) is 6.71. The largest absolute Gasteiger partial charge is 0.392 e. The Morgan fingerprint density at radius 1 is 1.37 bits per heavy atom. The zero-order chi connectivity index (χ0) is 13.7. The van der Waals surface area contributed by atoms with E-state index in [1.54, 1.807) is 18.9 Å². The highest BCUT2D eigenvalue weighted by atomic mass is 32.2. The number of aliphatic hydroxyl groups is 1. The predicted molar refractivity (Wildman–Crippen MR) is 78.6 cm³/mol. The molecule has 0 aromatic heterocycles. The van der Waals surface area contributed by atoms with Crippen LogP contribution < -0.4 is 0 Å². The van der Waals surface area contributed by atoms with Crippen LogP contribution in [0.5, 0.6) is 0 Å². The smallest absolute Gasteiger partial charge is 0.146 e. The highest BCUT2D eigenvalue weighted by Crippen LogP contribution is 2.34. The standard InChI is InChI=1S/C13H22O4S2/c1-16-8-17-12-3-5-19-7-10(12)13(15)9-6-18-4-2-11(9)14/h9-10,12-13,15H,2-8H2,1H3/t9-,10-,12+,13+/m1/s1. The second-order valence-electron chi connectivity index (χ2n) is 5.03. The molecule has 19 heavy (non-hydrogen) atoms. The van der Waals surface area contributed by atoms with Crippen molar-refractivity contribution in [3.05, 3.63) is 0 Å². The predicted octanol–water partition coefficient (Wildman–Crippen LogP) is 1.41. The summed E-state index contributed by atoms with van der Waals surface area (Å²) >= 11 is 3.60. The minimum atomic E-state index is -0.574. The van der Waals surface area contributed by atoms with Gasteiger partial charge in [-0.05, 0) is 12.2 Å². The lowest BCUT2D eigenvalue weighted by atomic mass is 9.84. The molecule has 2 aliphatic rings. The molecule has 2 fully saturated rings. The molecule has 2 saturated heterocycles. The molecule has 2 rings (SSSR count). The lowest BCUT2D eigenvalue weighted by Gasteiger charge is -2.37. The van der Waals surface area contributed by atoms with Crippen molar-refractivity contribution in [3.8, 4) is 0 Å². The number of aliphatic hydroxyl groups excluding tert-OH is 1. The topological polar surface area (TPSA) is 55.8 Å². The summed E-state index contributed by atoms with van der Waals surface area (Å²) in [5.41, 5.74) is 0. The summed E-state index contributed by atoms with van der Waals surface area (Å²) in [7, 11) is 1.60. The van der Waals surface area contributed by atoms with E-state index >= 15 is 0 Å². The summed E-state index contributed by atoms with van der Waals surface area (Å²) in [5.74, 6) is 3.60. The Morgan fingerprint density at radius 2 is 2.16 bits per heavy atom. The third-order valence-corrected chi connectivity index (χ3v) is 6.02. The first-order chi connectivity index (χ1) is 9.24.